The van der Waals surface area contributed by atoms with E-state index < -0.39 is 60.3 Å². The van der Waals surface area contributed by atoms with E-state index in [1.807, 2.05) is 13.0 Å². The van der Waals surface area contributed by atoms with Crippen molar-refractivity contribution in [2.45, 2.75) is 131 Å². The molecule has 9 heteroatoms. The average Bonchev–Trinajstić information content (AvgIpc) is 2.90. The van der Waals surface area contributed by atoms with Crippen molar-refractivity contribution in [2.24, 2.45) is 22.7 Å². The first kappa shape index (κ1) is 34.5. The van der Waals surface area contributed by atoms with Crippen LogP contribution in [0.2, 0.25) is 0 Å². The molecule has 0 aromatic carbocycles. The number of hydrogen-bond acceptors (Lipinski definition) is 9. The highest BCUT2D eigenvalue weighted by molar-refractivity contribution is 5.87. The number of fused-ring (bicyclic) bond motifs is 1. The molecule has 1 heterocycles. The monoisotopic (exact) mass is 592 g/mol. The van der Waals surface area contributed by atoms with Crippen molar-refractivity contribution >= 4 is 11.9 Å². The van der Waals surface area contributed by atoms with E-state index in [-0.39, 0.29) is 23.9 Å². The number of carbonyl (C=O) groups is 2. The van der Waals surface area contributed by atoms with E-state index in [1.165, 1.54) is 12.5 Å². The third-order valence-electron chi connectivity index (χ3n) is 10.1. The Morgan fingerprint density at radius 1 is 1.12 bits per heavy atom. The average molecular weight is 593 g/mol. The van der Waals surface area contributed by atoms with E-state index in [4.69, 9.17) is 18.9 Å². The lowest BCUT2D eigenvalue weighted by molar-refractivity contribution is -0.326. The standard InChI is InChI=1S/C33H52O9/c1-10-19(3)30(38)42-29-24(41-31-27(37)28(40-22(6)35)26(36)21(5)39-31)17-33(9)23(13-11-18(2)15-16-34)20(4)12-14-25(33)32(29,7)8/h10,12,15,21,23-29,31,34,36-37H,11,13-14,16-17H2,1-9H3/b18-15+,19-10-/t21-,23+,24-,25+,26+,27-,28+,29+,31+,33-/m0/s1. The van der Waals surface area contributed by atoms with Gasteiger partial charge in [0.2, 0.25) is 0 Å². The molecule has 10 atom stereocenters. The van der Waals surface area contributed by atoms with Gasteiger partial charge in [0, 0.05) is 17.9 Å². The molecule has 3 rings (SSSR count). The summed E-state index contributed by atoms with van der Waals surface area (Å²) in [7, 11) is 0. The number of rotatable bonds is 9. The van der Waals surface area contributed by atoms with Crippen LogP contribution in [-0.2, 0) is 28.5 Å². The normalized spacial score (nSPS) is 38.8. The predicted molar refractivity (Wildman–Crippen MR) is 158 cm³/mol. The van der Waals surface area contributed by atoms with Crippen LogP contribution in [0.1, 0.15) is 88.0 Å². The van der Waals surface area contributed by atoms with Gasteiger partial charge in [0.05, 0.1) is 18.8 Å². The molecule has 2 fully saturated rings. The van der Waals surface area contributed by atoms with Gasteiger partial charge in [0.15, 0.2) is 12.4 Å². The van der Waals surface area contributed by atoms with Crippen molar-refractivity contribution in [3.8, 4) is 0 Å². The van der Waals surface area contributed by atoms with Crippen molar-refractivity contribution in [2.75, 3.05) is 6.61 Å². The molecule has 3 aliphatic rings. The molecule has 0 aromatic rings. The van der Waals surface area contributed by atoms with Crippen LogP contribution in [0.3, 0.4) is 0 Å². The Hall–Kier alpha value is -2.04. The molecular formula is C33H52O9. The van der Waals surface area contributed by atoms with Crippen molar-refractivity contribution in [3.05, 3.63) is 34.9 Å². The smallest absolute Gasteiger partial charge is 0.333 e. The minimum absolute atomic E-state index is 0.0119. The molecule has 0 spiro atoms. The lowest BCUT2D eigenvalue weighted by Gasteiger charge is -2.61. The van der Waals surface area contributed by atoms with Crippen LogP contribution in [0.4, 0.5) is 0 Å². The van der Waals surface area contributed by atoms with Crippen LogP contribution in [0.15, 0.2) is 34.9 Å². The fraction of sp³-hybridized carbons (Fsp3) is 0.758. The van der Waals surface area contributed by atoms with Crippen molar-refractivity contribution < 1.29 is 43.9 Å². The highest BCUT2D eigenvalue weighted by atomic mass is 16.7. The van der Waals surface area contributed by atoms with Gasteiger partial charge in [-0.15, -0.1) is 0 Å². The second-order valence-corrected chi connectivity index (χ2v) is 13.3. The molecule has 0 unspecified atom stereocenters. The van der Waals surface area contributed by atoms with E-state index in [0.717, 1.165) is 24.8 Å². The third-order valence-corrected chi connectivity index (χ3v) is 10.1. The maximum atomic E-state index is 13.1. The third kappa shape index (κ3) is 7.02. The molecule has 0 aromatic heterocycles. The summed E-state index contributed by atoms with van der Waals surface area (Å²) in [5.74, 6) is -0.685. The zero-order valence-corrected chi connectivity index (χ0v) is 26.8. The van der Waals surface area contributed by atoms with Gasteiger partial charge in [0.25, 0.3) is 0 Å². The van der Waals surface area contributed by atoms with Crippen molar-refractivity contribution in [3.63, 3.8) is 0 Å². The van der Waals surface area contributed by atoms with E-state index in [1.54, 1.807) is 26.8 Å². The molecule has 3 N–H and O–H groups in total. The van der Waals surface area contributed by atoms with Crippen LogP contribution >= 0.6 is 0 Å². The van der Waals surface area contributed by atoms with Crippen LogP contribution in [-0.4, -0.2) is 76.8 Å². The summed E-state index contributed by atoms with van der Waals surface area (Å²) < 4.78 is 24.0. The maximum absolute atomic E-state index is 13.1. The highest BCUT2D eigenvalue weighted by Crippen LogP contribution is 2.62. The molecule has 0 amide bonds. The van der Waals surface area contributed by atoms with E-state index >= 15 is 0 Å². The Morgan fingerprint density at radius 3 is 2.38 bits per heavy atom. The fourth-order valence-electron chi connectivity index (χ4n) is 7.61. The molecule has 1 saturated carbocycles. The molecule has 1 saturated heterocycles. The summed E-state index contributed by atoms with van der Waals surface area (Å²) in [5.41, 5.74) is 2.16. The number of aliphatic hydroxyl groups excluding tert-OH is 3. The Bertz CT molecular complexity index is 1080. The first-order valence-electron chi connectivity index (χ1n) is 15.2. The topological polar surface area (TPSA) is 132 Å². The summed E-state index contributed by atoms with van der Waals surface area (Å²) in [5, 5.41) is 31.2. The summed E-state index contributed by atoms with van der Waals surface area (Å²) in [6, 6.07) is 0. The predicted octanol–water partition coefficient (Wildman–Crippen LogP) is 4.39. The van der Waals surface area contributed by atoms with Crippen molar-refractivity contribution in [1.29, 1.82) is 0 Å². The van der Waals surface area contributed by atoms with Gasteiger partial charge in [0.1, 0.15) is 18.3 Å². The van der Waals surface area contributed by atoms with E-state index in [2.05, 4.69) is 33.8 Å². The lowest BCUT2D eigenvalue weighted by Crippen LogP contribution is -2.64. The molecule has 0 bridgehead atoms. The molecule has 42 heavy (non-hydrogen) atoms. The second-order valence-electron chi connectivity index (χ2n) is 13.3. The number of aliphatic hydroxyl groups is 3. The Balaban J connectivity index is 2.03. The maximum Gasteiger partial charge on any atom is 0.333 e. The summed E-state index contributed by atoms with van der Waals surface area (Å²) >= 11 is 0. The molecule has 9 nitrogen and oxygen atoms in total. The fourth-order valence-corrected chi connectivity index (χ4v) is 7.61. The first-order valence-corrected chi connectivity index (χ1v) is 15.2. The summed E-state index contributed by atoms with van der Waals surface area (Å²) in [4.78, 5) is 24.9. The van der Waals surface area contributed by atoms with E-state index in [9.17, 15) is 24.9 Å². The van der Waals surface area contributed by atoms with Crippen molar-refractivity contribution in [1.82, 2.24) is 0 Å². The molecular weight excluding hydrogens is 540 g/mol. The lowest BCUT2D eigenvalue weighted by atomic mass is 9.46. The Morgan fingerprint density at radius 2 is 1.79 bits per heavy atom. The first-order chi connectivity index (χ1) is 19.6. The zero-order valence-electron chi connectivity index (χ0n) is 26.8. The van der Waals surface area contributed by atoms with E-state index in [0.29, 0.717) is 12.0 Å². The van der Waals surface area contributed by atoms with Gasteiger partial charge >= 0.3 is 11.9 Å². The molecule has 2 aliphatic carbocycles. The van der Waals surface area contributed by atoms with Gasteiger partial charge in [-0.05, 0) is 77.6 Å². The van der Waals surface area contributed by atoms with Gasteiger partial charge in [-0.25, -0.2) is 4.79 Å². The minimum atomic E-state index is -1.45. The number of allylic oxidation sites excluding steroid dienone is 4. The number of hydrogen-bond donors (Lipinski definition) is 3. The van der Waals surface area contributed by atoms with Crippen LogP contribution in [0, 0.1) is 22.7 Å². The SMILES string of the molecule is C/C=C(/C)C(=O)O[C@@H]1[C@@H](O[C@H]2O[C@@H](C)[C@@H](O)[C@@H](OC(C)=O)[C@@H]2O)C[C@@]2(C)[C@H](CC/C(C)=C/CO)C(C)=CC[C@@H]2C1(C)C. The Kier molecular flexibility index (Phi) is 11.3. The van der Waals surface area contributed by atoms with Gasteiger partial charge in [-0.2, -0.15) is 0 Å². The van der Waals surface area contributed by atoms with Crippen LogP contribution in [0.25, 0.3) is 0 Å². The van der Waals surface area contributed by atoms with Gasteiger partial charge in [-0.1, -0.05) is 50.1 Å². The summed E-state index contributed by atoms with van der Waals surface area (Å²) in [6.07, 6.45) is 1.75. The number of ether oxygens (including phenoxy) is 4. The second kappa shape index (κ2) is 13.7. The molecule has 0 radical (unpaired) electrons. The van der Waals surface area contributed by atoms with Crippen LogP contribution < -0.4 is 0 Å². The molecule has 1 aliphatic heterocycles. The highest BCUT2D eigenvalue weighted by Gasteiger charge is 2.61. The van der Waals surface area contributed by atoms with Gasteiger partial charge in [-0.3, -0.25) is 4.79 Å². The number of esters is 2. The van der Waals surface area contributed by atoms with Gasteiger partial charge < -0.3 is 34.3 Å². The largest absolute Gasteiger partial charge is 0.457 e. The quantitative estimate of drug-likeness (QED) is 0.203. The minimum Gasteiger partial charge on any atom is -0.457 e. The molecule has 238 valence electrons. The van der Waals surface area contributed by atoms with Crippen LogP contribution in [0.5, 0.6) is 0 Å². The summed E-state index contributed by atoms with van der Waals surface area (Å²) in [6.45, 7) is 17.1. The zero-order chi connectivity index (χ0) is 31.6. The Labute approximate surface area is 250 Å². The number of carbonyl (C=O) groups excluding carboxylic acids is 2.